The van der Waals surface area contributed by atoms with Gasteiger partial charge in [0, 0.05) is 12.7 Å². The molecule has 7 heteroatoms. The Kier molecular flexibility index (Phi) is 4.19. The Hall–Kier alpha value is -2.15. The number of aromatic nitrogens is 1. The maximum absolute atomic E-state index is 13.2. The van der Waals surface area contributed by atoms with E-state index < -0.39 is 17.6 Å². The first-order valence-corrected chi connectivity index (χ1v) is 5.71. The van der Waals surface area contributed by atoms with Crippen LogP contribution in [0.5, 0.6) is 0 Å². The molecule has 0 unspecified atom stereocenters. The van der Waals surface area contributed by atoms with Crippen molar-refractivity contribution in [2.24, 2.45) is 0 Å². The molecule has 2 rings (SSSR count). The SMILES string of the molecule is Fc1cc(CNNc2cccnc2)cc(C(F)(F)F)c1. The zero-order valence-electron chi connectivity index (χ0n) is 10.2. The molecule has 0 saturated heterocycles. The first kappa shape index (κ1) is 14.3. The van der Waals surface area contributed by atoms with Gasteiger partial charge in [0.25, 0.3) is 0 Å². The molecule has 0 aliphatic carbocycles. The molecule has 0 radical (unpaired) electrons. The Morgan fingerprint density at radius 3 is 2.60 bits per heavy atom. The molecule has 2 N–H and O–H groups in total. The number of anilines is 1. The molecule has 106 valence electrons. The van der Waals surface area contributed by atoms with Gasteiger partial charge in [0.15, 0.2) is 0 Å². The maximum Gasteiger partial charge on any atom is 0.416 e. The highest BCUT2D eigenvalue weighted by molar-refractivity contribution is 5.38. The van der Waals surface area contributed by atoms with E-state index >= 15 is 0 Å². The predicted molar refractivity (Wildman–Crippen MR) is 66.1 cm³/mol. The minimum absolute atomic E-state index is 0.0374. The first-order valence-electron chi connectivity index (χ1n) is 5.71. The molecule has 3 nitrogen and oxygen atoms in total. The second-order valence-corrected chi connectivity index (χ2v) is 4.07. The van der Waals surface area contributed by atoms with Gasteiger partial charge in [-0.15, -0.1) is 0 Å². The fourth-order valence-corrected chi connectivity index (χ4v) is 1.60. The van der Waals surface area contributed by atoms with Crippen LogP contribution >= 0.6 is 0 Å². The zero-order chi connectivity index (χ0) is 14.6. The van der Waals surface area contributed by atoms with Gasteiger partial charge < -0.3 is 5.43 Å². The van der Waals surface area contributed by atoms with Gasteiger partial charge in [-0.25, -0.2) is 9.82 Å². The van der Waals surface area contributed by atoms with E-state index in [1.807, 2.05) is 0 Å². The van der Waals surface area contributed by atoms with E-state index in [1.165, 1.54) is 0 Å². The maximum atomic E-state index is 13.2. The molecule has 20 heavy (non-hydrogen) atoms. The van der Waals surface area contributed by atoms with Crippen molar-refractivity contribution in [3.05, 3.63) is 59.7 Å². The summed E-state index contributed by atoms with van der Waals surface area (Å²) < 4.78 is 50.7. The number of pyridine rings is 1. The summed E-state index contributed by atoms with van der Waals surface area (Å²) in [5.41, 5.74) is 5.29. The highest BCUT2D eigenvalue weighted by Crippen LogP contribution is 2.30. The molecule has 1 heterocycles. The molecule has 0 aliphatic rings. The lowest BCUT2D eigenvalue weighted by atomic mass is 10.1. The molecule has 1 aromatic heterocycles. The molecule has 2 aromatic rings. The summed E-state index contributed by atoms with van der Waals surface area (Å²) in [6.45, 7) is 0.0374. The lowest BCUT2D eigenvalue weighted by molar-refractivity contribution is -0.137. The lowest BCUT2D eigenvalue weighted by Crippen LogP contribution is -2.21. The molecule has 0 amide bonds. The fraction of sp³-hybridized carbons (Fsp3) is 0.154. The van der Waals surface area contributed by atoms with Crippen molar-refractivity contribution in [3.63, 3.8) is 0 Å². The zero-order valence-corrected chi connectivity index (χ0v) is 10.2. The van der Waals surface area contributed by atoms with Gasteiger partial charge in [0.1, 0.15) is 5.82 Å². The van der Waals surface area contributed by atoms with Crippen LogP contribution < -0.4 is 10.9 Å². The van der Waals surface area contributed by atoms with E-state index in [1.54, 1.807) is 24.5 Å². The highest BCUT2D eigenvalue weighted by atomic mass is 19.4. The molecule has 0 atom stereocenters. The monoisotopic (exact) mass is 285 g/mol. The number of hydrazine groups is 1. The van der Waals surface area contributed by atoms with E-state index in [4.69, 9.17) is 0 Å². The van der Waals surface area contributed by atoms with Crippen molar-refractivity contribution >= 4 is 5.69 Å². The highest BCUT2D eigenvalue weighted by Gasteiger charge is 2.31. The van der Waals surface area contributed by atoms with Crippen LogP contribution in [0, 0.1) is 5.82 Å². The van der Waals surface area contributed by atoms with Crippen molar-refractivity contribution in [2.45, 2.75) is 12.7 Å². The summed E-state index contributed by atoms with van der Waals surface area (Å²) in [6, 6.07) is 5.85. The third kappa shape index (κ3) is 3.92. The predicted octanol–water partition coefficient (Wildman–Crippen LogP) is 3.36. The summed E-state index contributed by atoms with van der Waals surface area (Å²) in [4.78, 5) is 3.86. The molecular weight excluding hydrogens is 274 g/mol. The minimum Gasteiger partial charge on any atom is -0.320 e. The van der Waals surface area contributed by atoms with E-state index in [2.05, 4.69) is 15.8 Å². The van der Waals surface area contributed by atoms with Crippen molar-refractivity contribution in [3.8, 4) is 0 Å². The van der Waals surface area contributed by atoms with E-state index in [9.17, 15) is 17.6 Å². The van der Waals surface area contributed by atoms with Gasteiger partial charge in [0.2, 0.25) is 0 Å². The number of alkyl halides is 3. The average Bonchev–Trinajstić information content (AvgIpc) is 2.38. The van der Waals surface area contributed by atoms with Crippen LogP contribution in [0.3, 0.4) is 0 Å². The molecule has 0 bridgehead atoms. The van der Waals surface area contributed by atoms with Crippen LogP contribution in [0.4, 0.5) is 23.2 Å². The van der Waals surface area contributed by atoms with Crippen LogP contribution in [0.15, 0.2) is 42.7 Å². The van der Waals surface area contributed by atoms with Crippen molar-refractivity contribution < 1.29 is 17.6 Å². The number of benzene rings is 1. The Bertz CT molecular complexity index is 570. The largest absolute Gasteiger partial charge is 0.416 e. The van der Waals surface area contributed by atoms with Crippen LogP contribution in [0.1, 0.15) is 11.1 Å². The standard InChI is InChI=1S/C13H11F4N3/c14-11-5-9(4-10(6-11)13(15,16)17)7-19-20-12-2-1-3-18-8-12/h1-6,8,19-20H,7H2. The summed E-state index contributed by atoms with van der Waals surface area (Å²) in [5.74, 6) is -0.919. The summed E-state index contributed by atoms with van der Waals surface area (Å²) in [6.07, 6.45) is -1.43. The average molecular weight is 285 g/mol. The van der Waals surface area contributed by atoms with Crippen LogP contribution in [0.25, 0.3) is 0 Å². The molecule has 0 aliphatic heterocycles. The topological polar surface area (TPSA) is 37.0 Å². The second kappa shape index (κ2) is 5.87. The van der Waals surface area contributed by atoms with Crippen molar-refractivity contribution in [1.29, 1.82) is 0 Å². The fourth-order valence-electron chi connectivity index (χ4n) is 1.60. The van der Waals surface area contributed by atoms with Gasteiger partial charge in [-0.2, -0.15) is 13.2 Å². The van der Waals surface area contributed by atoms with Gasteiger partial charge >= 0.3 is 6.18 Å². The Labute approximate surface area is 112 Å². The van der Waals surface area contributed by atoms with E-state index in [-0.39, 0.29) is 12.1 Å². The summed E-state index contributed by atoms with van der Waals surface area (Å²) >= 11 is 0. The van der Waals surface area contributed by atoms with Gasteiger partial charge in [-0.05, 0) is 35.9 Å². The first-order chi connectivity index (χ1) is 9.45. The van der Waals surface area contributed by atoms with Crippen molar-refractivity contribution in [2.75, 3.05) is 5.43 Å². The quantitative estimate of drug-likeness (QED) is 0.668. The normalized spacial score (nSPS) is 11.4. The second-order valence-electron chi connectivity index (χ2n) is 4.07. The molecule has 0 saturated carbocycles. The Morgan fingerprint density at radius 2 is 1.95 bits per heavy atom. The number of nitrogens with zero attached hydrogens (tertiary/aromatic N) is 1. The van der Waals surface area contributed by atoms with Gasteiger partial charge in [-0.1, -0.05) is 0 Å². The summed E-state index contributed by atoms with van der Waals surface area (Å²) in [7, 11) is 0. The summed E-state index contributed by atoms with van der Waals surface area (Å²) in [5, 5.41) is 0. The number of hydrogen-bond acceptors (Lipinski definition) is 3. The third-order valence-corrected chi connectivity index (χ3v) is 2.47. The lowest BCUT2D eigenvalue weighted by Gasteiger charge is -2.11. The minimum atomic E-state index is -4.56. The Morgan fingerprint density at radius 1 is 1.15 bits per heavy atom. The smallest absolute Gasteiger partial charge is 0.320 e. The number of rotatable bonds is 4. The molecule has 1 aromatic carbocycles. The van der Waals surface area contributed by atoms with E-state index in [0.29, 0.717) is 11.8 Å². The van der Waals surface area contributed by atoms with Crippen LogP contribution in [0.2, 0.25) is 0 Å². The Balaban J connectivity index is 2.01. The number of halogens is 4. The number of hydrogen-bond donors (Lipinski definition) is 2. The molecule has 0 fully saturated rings. The number of nitrogens with one attached hydrogen (secondary N) is 2. The third-order valence-electron chi connectivity index (χ3n) is 2.47. The molecule has 0 spiro atoms. The van der Waals surface area contributed by atoms with Crippen molar-refractivity contribution in [1.82, 2.24) is 10.4 Å². The molecular formula is C13H11F4N3. The van der Waals surface area contributed by atoms with Crippen LogP contribution in [-0.2, 0) is 12.7 Å². The van der Waals surface area contributed by atoms with E-state index in [0.717, 1.165) is 12.1 Å². The van der Waals surface area contributed by atoms with Gasteiger partial charge in [0.05, 0.1) is 17.4 Å². The van der Waals surface area contributed by atoms with Crippen LogP contribution in [-0.4, -0.2) is 4.98 Å². The van der Waals surface area contributed by atoms with Gasteiger partial charge in [-0.3, -0.25) is 4.98 Å².